The Morgan fingerprint density at radius 1 is 1.29 bits per heavy atom. The molecule has 0 aliphatic heterocycles. The highest BCUT2D eigenvalue weighted by molar-refractivity contribution is 5.47. The van der Waals surface area contributed by atoms with Crippen LogP contribution < -0.4 is 4.90 Å². The Balaban J connectivity index is 2.52. The van der Waals surface area contributed by atoms with Crippen LogP contribution in [-0.2, 0) is 0 Å². The van der Waals surface area contributed by atoms with Crippen LogP contribution in [0.2, 0.25) is 0 Å². The molecule has 0 bridgehead atoms. The molecule has 0 saturated heterocycles. The second-order valence-corrected chi connectivity index (χ2v) is 4.24. The van der Waals surface area contributed by atoms with Crippen LogP contribution in [0, 0.1) is 5.82 Å². The lowest BCUT2D eigenvalue weighted by Gasteiger charge is -2.24. The summed E-state index contributed by atoms with van der Waals surface area (Å²) in [5, 5.41) is 9.48. The number of hydrogen-bond donors (Lipinski definition) is 1. The van der Waals surface area contributed by atoms with Gasteiger partial charge in [0.15, 0.2) is 0 Å². The molecule has 1 N–H and O–H groups in total. The van der Waals surface area contributed by atoms with E-state index >= 15 is 0 Å². The van der Waals surface area contributed by atoms with Crippen LogP contribution >= 0.6 is 0 Å². The quantitative estimate of drug-likeness (QED) is 0.789. The Labute approximate surface area is 103 Å². The first kappa shape index (κ1) is 14.0. The number of hydrogen-bond acceptors (Lipinski definition) is 2. The summed E-state index contributed by atoms with van der Waals surface area (Å²) in [5.41, 5.74) is 0.654. The van der Waals surface area contributed by atoms with Crippen molar-refractivity contribution in [1.82, 2.24) is 0 Å². The van der Waals surface area contributed by atoms with Crippen LogP contribution in [0.25, 0.3) is 0 Å². The highest BCUT2D eigenvalue weighted by Crippen LogP contribution is 2.19. The highest BCUT2D eigenvalue weighted by atomic mass is 19.1. The lowest BCUT2D eigenvalue weighted by atomic mass is 10.1. The van der Waals surface area contributed by atoms with Gasteiger partial charge in [-0.1, -0.05) is 19.1 Å². The number of benzene rings is 1. The summed E-state index contributed by atoms with van der Waals surface area (Å²) < 4.78 is 13.6. The topological polar surface area (TPSA) is 23.5 Å². The Morgan fingerprint density at radius 2 is 2.00 bits per heavy atom. The molecule has 3 heteroatoms. The molecule has 1 aromatic rings. The average Bonchev–Trinajstić information content (AvgIpc) is 2.35. The fourth-order valence-electron chi connectivity index (χ4n) is 1.88. The summed E-state index contributed by atoms with van der Waals surface area (Å²) in [5.74, 6) is -0.176. The molecule has 0 fully saturated rings. The number of aliphatic hydroxyl groups excluding tert-OH is 1. The summed E-state index contributed by atoms with van der Waals surface area (Å²) >= 11 is 0. The number of rotatable bonds is 7. The van der Waals surface area contributed by atoms with E-state index in [2.05, 4.69) is 0 Å². The van der Waals surface area contributed by atoms with Crippen molar-refractivity contribution >= 4 is 5.69 Å². The van der Waals surface area contributed by atoms with Gasteiger partial charge in [0.05, 0.1) is 11.8 Å². The molecule has 2 nitrogen and oxygen atoms in total. The number of anilines is 1. The second kappa shape index (κ2) is 7.28. The highest BCUT2D eigenvalue weighted by Gasteiger charge is 2.09. The van der Waals surface area contributed by atoms with Gasteiger partial charge in [-0.25, -0.2) is 4.39 Å². The minimum atomic E-state index is -0.227. The van der Waals surface area contributed by atoms with Gasteiger partial charge in [0.1, 0.15) is 5.82 Å². The summed E-state index contributed by atoms with van der Waals surface area (Å²) in [6.07, 6.45) is 2.22. The molecule has 96 valence electrons. The summed E-state index contributed by atoms with van der Waals surface area (Å²) in [6.45, 7) is 5.56. The van der Waals surface area contributed by atoms with Gasteiger partial charge in [-0.05, 0) is 38.3 Å². The third kappa shape index (κ3) is 4.35. The van der Waals surface area contributed by atoms with E-state index in [0.29, 0.717) is 5.69 Å². The second-order valence-electron chi connectivity index (χ2n) is 4.24. The van der Waals surface area contributed by atoms with Gasteiger partial charge in [0.25, 0.3) is 0 Å². The lowest BCUT2D eigenvalue weighted by Crippen LogP contribution is -2.25. The zero-order chi connectivity index (χ0) is 12.7. The molecule has 1 aromatic carbocycles. The van der Waals surface area contributed by atoms with Crippen LogP contribution in [0.5, 0.6) is 0 Å². The molecule has 0 saturated carbocycles. The minimum Gasteiger partial charge on any atom is -0.393 e. The van der Waals surface area contributed by atoms with Crippen molar-refractivity contribution in [2.45, 2.75) is 39.2 Å². The van der Waals surface area contributed by atoms with Crippen LogP contribution in [-0.4, -0.2) is 24.3 Å². The van der Waals surface area contributed by atoms with Gasteiger partial charge in [-0.3, -0.25) is 0 Å². The summed E-state index contributed by atoms with van der Waals surface area (Å²) in [6, 6.07) is 6.84. The van der Waals surface area contributed by atoms with Gasteiger partial charge >= 0.3 is 0 Å². The normalized spacial score (nSPS) is 12.5. The van der Waals surface area contributed by atoms with Gasteiger partial charge in [0.2, 0.25) is 0 Å². The molecule has 0 aliphatic rings. The molecule has 0 aliphatic carbocycles. The minimum absolute atomic E-state index is 0.176. The maximum Gasteiger partial charge on any atom is 0.146 e. The SMILES string of the molecule is CCC(O)CCCN(CC)c1ccccc1F. The number of aliphatic hydroxyl groups is 1. The molecule has 1 unspecified atom stereocenters. The average molecular weight is 239 g/mol. The van der Waals surface area contributed by atoms with E-state index in [-0.39, 0.29) is 11.9 Å². The first-order valence-corrected chi connectivity index (χ1v) is 6.36. The van der Waals surface area contributed by atoms with Gasteiger partial charge < -0.3 is 10.0 Å². The Hall–Kier alpha value is -1.09. The maximum absolute atomic E-state index is 13.6. The first-order chi connectivity index (χ1) is 8.19. The van der Waals surface area contributed by atoms with Crippen molar-refractivity contribution in [2.75, 3.05) is 18.0 Å². The van der Waals surface area contributed by atoms with E-state index in [1.807, 2.05) is 24.8 Å². The Kier molecular flexibility index (Phi) is 5.98. The molecule has 0 heterocycles. The zero-order valence-electron chi connectivity index (χ0n) is 10.7. The molecular weight excluding hydrogens is 217 g/mol. The van der Waals surface area contributed by atoms with Crippen LogP contribution in [0.15, 0.2) is 24.3 Å². The predicted octanol–water partition coefficient (Wildman–Crippen LogP) is 3.20. The zero-order valence-corrected chi connectivity index (χ0v) is 10.7. The van der Waals surface area contributed by atoms with Crippen molar-refractivity contribution in [2.24, 2.45) is 0 Å². The third-order valence-electron chi connectivity index (χ3n) is 3.01. The number of halogens is 1. The largest absolute Gasteiger partial charge is 0.393 e. The Bertz CT molecular complexity index is 330. The van der Waals surface area contributed by atoms with E-state index in [9.17, 15) is 9.50 Å². The van der Waals surface area contributed by atoms with E-state index in [0.717, 1.165) is 32.4 Å². The van der Waals surface area contributed by atoms with Crippen molar-refractivity contribution in [3.05, 3.63) is 30.1 Å². The lowest BCUT2D eigenvalue weighted by molar-refractivity contribution is 0.158. The molecule has 0 spiro atoms. The van der Waals surface area contributed by atoms with Crippen LogP contribution in [0.1, 0.15) is 33.1 Å². The molecular formula is C14H22FNO. The van der Waals surface area contributed by atoms with Crippen LogP contribution in [0.4, 0.5) is 10.1 Å². The van der Waals surface area contributed by atoms with Crippen molar-refractivity contribution in [1.29, 1.82) is 0 Å². The molecule has 0 radical (unpaired) electrons. The number of nitrogens with zero attached hydrogens (tertiary/aromatic N) is 1. The van der Waals surface area contributed by atoms with Gasteiger partial charge in [0, 0.05) is 13.1 Å². The van der Waals surface area contributed by atoms with Gasteiger partial charge in [-0.2, -0.15) is 0 Å². The molecule has 17 heavy (non-hydrogen) atoms. The van der Waals surface area contributed by atoms with E-state index < -0.39 is 0 Å². The van der Waals surface area contributed by atoms with E-state index in [1.165, 1.54) is 6.07 Å². The smallest absolute Gasteiger partial charge is 0.146 e. The molecule has 1 rings (SSSR count). The summed E-state index contributed by atoms with van der Waals surface area (Å²) in [4.78, 5) is 2.01. The predicted molar refractivity (Wildman–Crippen MR) is 69.8 cm³/mol. The van der Waals surface area contributed by atoms with Gasteiger partial charge in [-0.15, -0.1) is 0 Å². The fourth-order valence-corrected chi connectivity index (χ4v) is 1.88. The number of para-hydroxylation sites is 1. The van der Waals surface area contributed by atoms with Crippen LogP contribution in [0.3, 0.4) is 0 Å². The van der Waals surface area contributed by atoms with Crippen molar-refractivity contribution < 1.29 is 9.50 Å². The first-order valence-electron chi connectivity index (χ1n) is 6.36. The summed E-state index contributed by atoms with van der Waals surface area (Å²) in [7, 11) is 0. The molecule has 0 aromatic heterocycles. The van der Waals surface area contributed by atoms with Crippen molar-refractivity contribution in [3.8, 4) is 0 Å². The monoisotopic (exact) mass is 239 g/mol. The third-order valence-corrected chi connectivity index (χ3v) is 3.01. The van der Waals surface area contributed by atoms with Crippen molar-refractivity contribution in [3.63, 3.8) is 0 Å². The molecule has 1 atom stereocenters. The fraction of sp³-hybridized carbons (Fsp3) is 0.571. The van der Waals surface area contributed by atoms with E-state index in [4.69, 9.17) is 0 Å². The molecule has 0 amide bonds. The standard InChI is InChI=1S/C14H22FNO/c1-3-12(17)8-7-11-16(4-2)14-10-6-5-9-13(14)15/h5-6,9-10,12,17H,3-4,7-8,11H2,1-2H3. The maximum atomic E-state index is 13.6. The van der Waals surface area contributed by atoms with E-state index in [1.54, 1.807) is 12.1 Å². The Morgan fingerprint density at radius 3 is 2.59 bits per heavy atom.